The first-order valence-electron chi connectivity index (χ1n) is 5.37. The fourth-order valence-electron chi connectivity index (χ4n) is 1.82. The van der Waals surface area contributed by atoms with Gasteiger partial charge in [-0.25, -0.2) is 4.79 Å². The van der Waals surface area contributed by atoms with Crippen LogP contribution in [0.2, 0.25) is 0 Å². The largest absolute Gasteiger partial charge is 0.465 e. The van der Waals surface area contributed by atoms with Crippen molar-refractivity contribution in [2.24, 2.45) is 0 Å². The fraction of sp³-hybridized carbons (Fsp3) is 0.800. The van der Waals surface area contributed by atoms with Crippen molar-refractivity contribution in [2.75, 3.05) is 19.6 Å². The second-order valence-electron chi connectivity index (χ2n) is 4.61. The quantitative estimate of drug-likeness (QED) is 0.615. The van der Waals surface area contributed by atoms with Crippen LogP contribution in [-0.2, 0) is 4.79 Å². The minimum Gasteiger partial charge on any atom is -0.465 e. The van der Waals surface area contributed by atoms with Crippen molar-refractivity contribution in [3.8, 4) is 0 Å². The Bertz CT molecular complexity index is 291. The molecule has 1 heterocycles. The number of carbonyl (C=O) groups is 2. The third kappa shape index (κ3) is 2.85. The number of hydrogen-bond acceptors (Lipinski definition) is 3. The fourth-order valence-corrected chi connectivity index (χ4v) is 1.82. The van der Waals surface area contributed by atoms with E-state index in [2.05, 4.69) is 10.6 Å². The van der Waals surface area contributed by atoms with Crippen molar-refractivity contribution < 1.29 is 14.7 Å². The third-order valence-electron chi connectivity index (χ3n) is 2.72. The molecule has 0 aromatic carbocycles. The second kappa shape index (κ2) is 4.69. The minimum atomic E-state index is -1.18. The lowest BCUT2D eigenvalue weighted by Gasteiger charge is -2.38. The lowest BCUT2D eigenvalue weighted by Crippen LogP contribution is -2.61. The van der Waals surface area contributed by atoms with Crippen LogP contribution in [0.4, 0.5) is 4.79 Å². The molecule has 1 saturated heterocycles. The molecule has 6 nitrogen and oxygen atoms in total. The van der Waals surface area contributed by atoms with E-state index in [1.54, 1.807) is 18.7 Å². The van der Waals surface area contributed by atoms with Gasteiger partial charge in [-0.2, -0.15) is 0 Å². The van der Waals surface area contributed by atoms with E-state index in [4.69, 9.17) is 5.11 Å². The van der Waals surface area contributed by atoms with Gasteiger partial charge >= 0.3 is 6.09 Å². The van der Waals surface area contributed by atoms with Crippen molar-refractivity contribution >= 4 is 12.0 Å². The molecule has 0 bridgehead atoms. The number of amides is 2. The molecule has 0 aromatic rings. The highest BCUT2D eigenvalue weighted by Crippen LogP contribution is 2.12. The van der Waals surface area contributed by atoms with E-state index in [0.29, 0.717) is 6.54 Å². The number of nitrogens with zero attached hydrogens (tertiary/aromatic N) is 1. The first-order valence-corrected chi connectivity index (χ1v) is 5.37. The molecule has 0 unspecified atom stereocenters. The summed E-state index contributed by atoms with van der Waals surface area (Å²) in [5.41, 5.74) is -1.07. The van der Waals surface area contributed by atoms with Crippen LogP contribution < -0.4 is 10.6 Å². The molecular formula is C10H19N3O3. The molecule has 1 atom stereocenters. The second-order valence-corrected chi connectivity index (χ2v) is 4.61. The summed E-state index contributed by atoms with van der Waals surface area (Å²) in [6.45, 7) is 7.22. The molecule has 1 rings (SSSR count). The molecule has 1 fully saturated rings. The zero-order valence-electron chi connectivity index (χ0n) is 9.91. The van der Waals surface area contributed by atoms with Crippen LogP contribution in [0.1, 0.15) is 20.8 Å². The Hall–Kier alpha value is -1.30. The Kier molecular flexibility index (Phi) is 3.74. The first kappa shape index (κ1) is 12.8. The van der Waals surface area contributed by atoms with Crippen molar-refractivity contribution in [1.82, 2.24) is 15.5 Å². The summed E-state index contributed by atoms with van der Waals surface area (Å²) < 4.78 is 0. The van der Waals surface area contributed by atoms with Crippen molar-refractivity contribution in [3.63, 3.8) is 0 Å². The van der Waals surface area contributed by atoms with Crippen LogP contribution >= 0.6 is 0 Å². The van der Waals surface area contributed by atoms with Crippen LogP contribution in [0.3, 0.4) is 0 Å². The summed E-state index contributed by atoms with van der Waals surface area (Å²) >= 11 is 0. The number of carboxylic acid groups (broad SMARTS) is 1. The molecule has 1 aliphatic heterocycles. The number of piperazine rings is 1. The average Bonchev–Trinajstić information content (AvgIpc) is 2.15. The van der Waals surface area contributed by atoms with Crippen LogP contribution in [0.25, 0.3) is 0 Å². The molecule has 0 saturated carbocycles. The molecule has 0 aromatic heterocycles. The normalized spacial score (nSPS) is 21.7. The van der Waals surface area contributed by atoms with Gasteiger partial charge in [-0.15, -0.1) is 0 Å². The minimum absolute atomic E-state index is 0.0936. The Morgan fingerprint density at radius 1 is 1.50 bits per heavy atom. The molecule has 2 amide bonds. The van der Waals surface area contributed by atoms with Gasteiger partial charge in [0, 0.05) is 25.7 Å². The van der Waals surface area contributed by atoms with Gasteiger partial charge in [0.1, 0.15) is 5.54 Å². The molecule has 0 radical (unpaired) electrons. The number of carbonyl (C=O) groups excluding carboxylic acids is 1. The molecule has 3 N–H and O–H groups in total. The Balaban J connectivity index is 2.71. The van der Waals surface area contributed by atoms with Gasteiger partial charge in [0.15, 0.2) is 0 Å². The van der Waals surface area contributed by atoms with Gasteiger partial charge in [-0.3, -0.25) is 4.79 Å². The predicted molar refractivity (Wildman–Crippen MR) is 59.3 cm³/mol. The van der Waals surface area contributed by atoms with Crippen molar-refractivity contribution in [3.05, 3.63) is 0 Å². The Labute approximate surface area is 95.0 Å². The summed E-state index contributed by atoms with van der Waals surface area (Å²) in [6.07, 6.45) is -1.18. The maximum Gasteiger partial charge on any atom is 0.405 e. The van der Waals surface area contributed by atoms with Gasteiger partial charge in [-0.1, -0.05) is 0 Å². The predicted octanol–water partition coefficient (Wildman–Crippen LogP) is -0.147. The van der Waals surface area contributed by atoms with Crippen molar-refractivity contribution in [1.29, 1.82) is 0 Å². The molecule has 0 aliphatic carbocycles. The van der Waals surface area contributed by atoms with E-state index >= 15 is 0 Å². The van der Waals surface area contributed by atoms with Crippen LogP contribution in [-0.4, -0.2) is 53.2 Å². The van der Waals surface area contributed by atoms with Gasteiger partial charge in [0.05, 0.1) is 0 Å². The number of rotatable bonds is 2. The van der Waals surface area contributed by atoms with E-state index in [1.807, 2.05) is 6.92 Å². The maximum atomic E-state index is 12.1. The summed E-state index contributed by atoms with van der Waals surface area (Å²) in [7, 11) is 0. The maximum absolute atomic E-state index is 12.1. The molecule has 1 aliphatic rings. The van der Waals surface area contributed by atoms with E-state index in [-0.39, 0.29) is 11.9 Å². The standard InChI is InChI=1S/C10H19N3O3/c1-7-6-11-4-5-13(7)8(14)10(2,3)12-9(15)16/h7,11-12H,4-6H2,1-3H3,(H,15,16)/t7-/m1/s1. The van der Waals surface area contributed by atoms with Gasteiger partial charge in [-0.05, 0) is 20.8 Å². The highest BCUT2D eigenvalue weighted by atomic mass is 16.4. The van der Waals surface area contributed by atoms with E-state index in [0.717, 1.165) is 13.1 Å². The molecule has 0 spiro atoms. The summed E-state index contributed by atoms with van der Waals surface area (Å²) in [5, 5.41) is 14.1. The third-order valence-corrected chi connectivity index (χ3v) is 2.72. The van der Waals surface area contributed by atoms with Gasteiger partial charge in [0.2, 0.25) is 5.91 Å². The number of hydrogen-bond donors (Lipinski definition) is 3. The Morgan fingerprint density at radius 3 is 2.62 bits per heavy atom. The SMILES string of the molecule is C[C@@H]1CNCCN1C(=O)C(C)(C)NC(=O)O. The van der Waals surface area contributed by atoms with Crippen LogP contribution in [0.5, 0.6) is 0 Å². The number of nitrogens with one attached hydrogen (secondary N) is 2. The Morgan fingerprint density at radius 2 is 2.12 bits per heavy atom. The highest BCUT2D eigenvalue weighted by molar-refractivity contribution is 5.89. The summed E-state index contributed by atoms with van der Waals surface area (Å²) in [6, 6.07) is 0.0936. The smallest absolute Gasteiger partial charge is 0.405 e. The molecular weight excluding hydrogens is 210 g/mol. The molecule has 92 valence electrons. The first-order chi connectivity index (χ1) is 7.34. The topological polar surface area (TPSA) is 81.7 Å². The van der Waals surface area contributed by atoms with Crippen LogP contribution in [0.15, 0.2) is 0 Å². The molecule has 16 heavy (non-hydrogen) atoms. The zero-order valence-corrected chi connectivity index (χ0v) is 9.91. The van der Waals surface area contributed by atoms with E-state index < -0.39 is 11.6 Å². The lowest BCUT2D eigenvalue weighted by atomic mass is 10.0. The van der Waals surface area contributed by atoms with Crippen LogP contribution in [0, 0.1) is 0 Å². The van der Waals surface area contributed by atoms with E-state index in [1.165, 1.54) is 0 Å². The average molecular weight is 229 g/mol. The van der Waals surface area contributed by atoms with Gasteiger partial charge in [0.25, 0.3) is 0 Å². The highest BCUT2D eigenvalue weighted by Gasteiger charge is 2.36. The molecule has 6 heteroatoms. The monoisotopic (exact) mass is 229 g/mol. The summed E-state index contributed by atoms with van der Waals surface area (Å²) in [4.78, 5) is 24.4. The summed E-state index contributed by atoms with van der Waals surface area (Å²) in [5.74, 6) is -0.177. The van der Waals surface area contributed by atoms with Gasteiger partial charge < -0.3 is 20.6 Å². The van der Waals surface area contributed by atoms with Crippen molar-refractivity contribution in [2.45, 2.75) is 32.4 Å². The zero-order chi connectivity index (χ0) is 12.3. The van der Waals surface area contributed by atoms with E-state index in [9.17, 15) is 9.59 Å². The lowest BCUT2D eigenvalue weighted by molar-refractivity contribution is -0.139.